The lowest BCUT2D eigenvalue weighted by Gasteiger charge is -1.98. The van der Waals surface area contributed by atoms with Gasteiger partial charge in [-0.05, 0) is 20.8 Å². The van der Waals surface area contributed by atoms with Crippen molar-refractivity contribution >= 4 is 17.3 Å². The fourth-order valence-corrected chi connectivity index (χ4v) is 2.57. The molecule has 2 heterocycles. The number of aryl methyl sites for hydroxylation is 2. The number of thiazole rings is 1. The van der Waals surface area contributed by atoms with Gasteiger partial charge in [0.1, 0.15) is 5.01 Å². The molecule has 0 bridgehead atoms. The van der Waals surface area contributed by atoms with E-state index in [1.54, 1.807) is 17.8 Å². The van der Waals surface area contributed by atoms with Crippen molar-refractivity contribution in [1.29, 1.82) is 0 Å². The van der Waals surface area contributed by atoms with Gasteiger partial charge < -0.3 is 4.74 Å². The van der Waals surface area contributed by atoms with Crippen molar-refractivity contribution in [3.05, 3.63) is 22.5 Å². The van der Waals surface area contributed by atoms with E-state index >= 15 is 0 Å². The number of hydrogen-bond acceptors (Lipinski definition) is 5. The molecule has 0 spiro atoms. The van der Waals surface area contributed by atoms with E-state index < -0.39 is 0 Å². The topological polar surface area (TPSA) is 57.0 Å². The van der Waals surface area contributed by atoms with Crippen molar-refractivity contribution in [3.8, 4) is 10.6 Å². The Hall–Kier alpha value is -1.69. The number of aromatic nitrogens is 3. The highest BCUT2D eigenvalue weighted by Crippen LogP contribution is 2.29. The number of rotatable bonds is 3. The van der Waals surface area contributed by atoms with E-state index in [2.05, 4.69) is 10.1 Å². The molecule has 0 amide bonds. The van der Waals surface area contributed by atoms with Gasteiger partial charge in [-0.2, -0.15) is 5.10 Å². The minimum atomic E-state index is -0.362. The van der Waals surface area contributed by atoms with Crippen LogP contribution in [0.4, 0.5) is 0 Å². The lowest BCUT2D eigenvalue weighted by Crippen LogP contribution is -2.06. The molecular formula is C12H15N3O2S. The van der Waals surface area contributed by atoms with E-state index in [-0.39, 0.29) is 5.97 Å². The normalized spacial score (nSPS) is 10.7. The third kappa shape index (κ3) is 2.15. The van der Waals surface area contributed by atoms with E-state index in [0.29, 0.717) is 12.3 Å². The second kappa shape index (κ2) is 4.89. The summed E-state index contributed by atoms with van der Waals surface area (Å²) in [6.45, 7) is 5.99. The molecule has 6 heteroatoms. The molecule has 0 radical (unpaired) electrons. The summed E-state index contributed by atoms with van der Waals surface area (Å²) in [5.74, 6) is -0.362. The van der Waals surface area contributed by atoms with Crippen LogP contribution in [0.5, 0.6) is 0 Å². The molecule has 96 valence electrons. The van der Waals surface area contributed by atoms with Crippen LogP contribution < -0.4 is 0 Å². The van der Waals surface area contributed by atoms with E-state index in [9.17, 15) is 4.79 Å². The first-order valence-corrected chi connectivity index (χ1v) is 6.49. The third-order valence-electron chi connectivity index (χ3n) is 2.73. The fraction of sp³-hybridized carbons (Fsp3) is 0.417. The number of carbonyl (C=O) groups excluding carboxylic acids is 1. The van der Waals surface area contributed by atoms with Crippen molar-refractivity contribution in [2.75, 3.05) is 6.61 Å². The van der Waals surface area contributed by atoms with Gasteiger partial charge in [0.05, 0.1) is 18.4 Å². The van der Waals surface area contributed by atoms with E-state index in [0.717, 1.165) is 21.1 Å². The zero-order valence-electron chi connectivity index (χ0n) is 10.9. The molecule has 18 heavy (non-hydrogen) atoms. The molecule has 0 unspecified atom stereocenters. The Kier molecular flexibility index (Phi) is 3.47. The van der Waals surface area contributed by atoms with Crippen LogP contribution in [0.25, 0.3) is 10.6 Å². The van der Waals surface area contributed by atoms with Gasteiger partial charge in [-0.25, -0.2) is 9.78 Å². The van der Waals surface area contributed by atoms with Crippen LogP contribution in [0.2, 0.25) is 0 Å². The monoisotopic (exact) mass is 265 g/mol. The van der Waals surface area contributed by atoms with Crippen LogP contribution in [-0.4, -0.2) is 27.3 Å². The van der Waals surface area contributed by atoms with Gasteiger partial charge in [-0.15, -0.1) is 11.3 Å². The second-order valence-corrected chi connectivity index (χ2v) is 5.11. The molecule has 0 fully saturated rings. The lowest BCUT2D eigenvalue weighted by molar-refractivity contribution is 0.0519. The maximum absolute atomic E-state index is 11.7. The summed E-state index contributed by atoms with van der Waals surface area (Å²) in [6, 6.07) is 0. The van der Waals surface area contributed by atoms with Crippen LogP contribution in [0.1, 0.15) is 28.0 Å². The van der Waals surface area contributed by atoms with Crippen molar-refractivity contribution in [2.45, 2.75) is 20.8 Å². The van der Waals surface area contributed by atoms with Gasteiger partial charge in [-0.1, -0.05) is 0 Å². The molecule has 2 aromatic rings. The first-order valence-electron chi connectivity index (χ1n) is 5.68. The Morgan fingerprint density at radius 3 is 2.78 bits per heavy atom. The lowest BCUT2D eigenvalue weighted by atomic mass is 10.3. The molecule has 0 atom stereocenters. The number of nitrogens with zero attached hydrogens (tertiary/aromatic N) is 3. The average Bonchev–Trinajstić information content (AvgIpc) is 2.85. The average molecular weight is 265 g/mol. The number of esters is 1. The molecule has 5 nitrogen and oxygen atoms in total. The molecule has 0 aliphatic rings. The summed E-state index contributed by atoms with van der Waals surface area (Å²) in [4.78, 5) is 16.9. The molecule has 0 N–H and O–H groups in total. The van der Waals surface area contributed by atoms with E-state index in [4.69, 9.17) is 4.74 Å². The van der Waals surface area contributed by atoms with Crippen molar-refractivity contribution < 1.29 is 9.53 Å². The molecule has 2 rings (SSSR count). The first kappa shape index (κ1) is 12.8. The summed E-state index contributed by atoms with van der Waals surface area (Å²) in [5.41, 5.74) is 2.39. The summed E-state index contributed by atoms with van der Waals surface area (Å²) in [7, 11) is 1.88. The molecule has 0 aliphatic carbocycles. The third-order valence-corrected chi connectivity index (χ3v) is 3.74. The van der Waals surface area contributed by atoms with Crippen LogP contribution in [0.15, 0.2) is 6.20 Å². The van der Waals surface area contributed by atoms with Gasteiger partial charge in [0.2, 0.25) is 0 Å². The van der Waals surface area contributed by atoms with Gasteiger partial charge in [0.25, 0.3) is 0 Å². The largest absolute Gasteiger partial charge is 0.461 e. The minimum Gasteiger partial charge on any atom is -0.461 e. The number of ether oxygens (including phenoxy) is 1. The zero-order valence-corrected chi connectivity index (χ0v) is 11.7. The molecule has 2 aromatic heterocycles. The molecule has 0 saturated carbocycles. The van der Waals surface area contributed by atoms with Crippen molar-refractivity contribution in [1.82, 2.24) is 14.8 Å². The van der Waals surface area contributed by atoms with E-state index in [1.165, 1.54) is 11.3 Å². The van der Waals surface area contributed by atoms with Crippen LogP contribution >= 0.6 is 11.3 Å². The highest BCUT2D eigenvalue weighted by Gasteiger charge is 2.19. The predicted molar refractivity (Wildman–Crippen MR) is 69.7 cm³/mol. The maximum atomic E-state index is 11.7. The standard InChI is InChI=1S/C12H15N3O2S/c1-5-17-12(16)10-8(3)18-11(14-10)9-6-13-15(4)7(9)2/h6H,5H2,1-4H3. The Bertz CT molecular complexity index is 586. The van der Waals surface area contributed by atoms with Gasteiger partial charge in [0, 0.05) is 17.6 Å². The van der Waals surface area contributed by atoms with Crippen molar-refractivity contribution in [2.24, 2.45) is 7.05 Å². The quantitative estimate of drug-likeness (QED) is 0.799. The fourth-order valence-electron chi connectivity index (χ4n) is 1.61. The zero-order chi connectivity index (χ0) is 13.3. The van der Waals surface area contributed by atoms with Gasteiger partial charge in [0.15, 0.2) is 5.69 Å². The minimum absolute atomic E-state index is 0.358. The summed E-state index contributed by atoms with van der Waals surface area (Å²) >= 11 is 1.48. The Morgan fingerprint density at radius 1 is 1.50 bits per heavy atom. The molecule has 0 saturated heterocycles. The maximum Gasteiger partial charge on any atom is 0.358 e. The van der Waals surface area contributed by atoms with Crippen LogP contribution in [0.3, 0.4) is 0 Å². The highest BCUT2D eigenvalue weighted by molar-refractivity contribution is 7.15. The Morgan fingerprint density at radius 2 is 2.22 bits per heavy atom. The summed E-state index contributed by atoms with van der Waals surface area (Å²) in [5, 5.41) is 4.99. The predicted octanol–water partition coefficient (Wildman–Crippen LogP) is 2.34. The van der Waals surface area contributed by atoms with Gasteiger partial charge in [-0.3, -0.25) is 4.68 Å². The Labute approximate surface area is 109 Å². The van der Waals surface area contributed by atoms with Crippen LogP contribution in [-0.2, 0) is 11.8 Å². The SMILES string of the molecule is CCOC(=O)c1nc(-c2cnn(C)c2C)sc1C. The number of carbonyl (C=O) groups is 1. The van der Waals surface area contributed by atoms with Crippen molar-refractivity contribution in [3.63, 3.8) is 0 Å². The highest BCUT2D eigenvalue weighted by atomic mass is 32.1. The van der Waals surface area contributed by atoms with Gasteiger partial charge >= 0.3 is 5.97 Å². The second-order valence-electron chi connectivity index (χ2n) is 3.91. The Balaban J connectivity index is 2.40. The summed E-state index contributed by atoms with van der Waals surface area (Å²) < 4.78 is 6.77. The van der Waals surface area contributed by atoms with E-state index in [1.807, 2.05) is 20.9 Å². The molecule has 0 aliphatic heterocycles. The number of hydrogen-bond donors (Lipinski definition) is 0. The molecular weight excluding hydrogens is 250 g/mol. The first-order chi connectivity index (χ1) is 8.54. The summed E-state index contributed by atoms with van der Waals surface area (Å²) in [6.07, 6.45) is 1.77. The van der Waals surface area contributed by atoms with Crippen LogP contribution in [0, 0.1) is 13.8 Å². The molecule has 0 aromatic carbocycles. The smallest absolute Gasteiger partial charge is 0.358 e.